The summed E-state index contributed by atoms with van der Waals surface area (Å²) in [6, 6.07) is 6.68. The molecule has 1 N–H and O–H groups in total. The standard InChI is InChI=1S/C22H29N3O3S/c1-15-10-16(2)12-17(11-15)19-13-23-20-6-9-22(25(19)20)7-4-18(5-8-22)24-21(26)14-29(3,27)28/h10-13,18H,4-9,14H2,1-3H3,(H,24,26). The molecular formula is C22H29N3O3S. The summed E-state index contributed by atoms with van der Waals surface area (Å²) in [5.41, 5.74) is 4.95. The zero-order valence-electron chi connectivity index (χ0n) is 17.4. The highest BCUT2D eigenvalue weighted by molar-refractivity contribution is 7.91. The van der Waals surface area contributed by atoms with Crippen molar-refractivity contribution in [2.24, 2.45) is 0 Å². The predicted octanol–water partition coefficient (Wildman–Crippen LogP) is 2.91. The van der Waals surface area contributed by atoms with Crippen LogP contribution in [0.5, 0.6) is 0 Å². The Balaban J connectivity index is 1.53. The summed E-state index contributed by atoms with van der Waals surface area (Å²) in [6.07, 6.45) is 8.82. The summed E-state index contributed by atoms with van der Waals surface area (Å²) >= 11 is 0. The summed E-state index contributed by atoms with van der Waals surface area (Å²) in [7, 11) is -3.30. The molecule has 1 fully saturated rings. The number of aromatic nitrogens is 2. The molecule has 2 aliphatic rings. The van der Waals surface area contributed by atoms with E-state index in [2.05, 4.69) is 41.9 Å². The summed E-state index contributed by atoms with van der Waals surface area (Å²) in [6.45, 7) is 4.25. The fraction of sp³-hybridized carbons (Fsp3) is 0.545. The lowest BCUT2D eigenvalue weighted by atomic mass is 9.77. The van der Waals surface area contributed by atoms with Gasteiger partial charge in [0.2, 0.25) is 5.91 Å². The number of hydrogen-bond acceptors (Lipinski definition) is 4. The largest absolute Gasteiger partial charge is 0.352 e. The van der Waals surface area contributed by atoms with Crippen molar-refractivity contribution in [3.8, 4) is 11.3 Å². The minimum atomic E-state index is -3.30. The van der Waals surface area contributed by atoms with Crippen molar-refractivity contribution in [1.82, 2.24) is 14.9 Å². The van der Waals surface area contributed by atoms with E-state index < -0.39 is 15.6 Å². The van der Waals surface area contributed by atoms with E-state index in [0.29, 0.717) is 0 Å². The molecule has 6 nitrogen and oxygen atoms in total. The molecule has 1 aliphatic heterocycles. The number of carbonyl (C=O) groups is 1. The highest BCUT2D eigenvalue weighted by Gasteiger charge is 2.43. The Morgan fingerprint density at radius 3 is 2.45 bits per heavy atom. The third-order valence-electron chi connectivity index (χ3n) is 6.32. The Bertz CT molecular complexity index is 1030. The maximum atomic E-state index is 12.0. The smallest absolute Gasteiger partial charge is 0.235 e. The number of nitrogens with zero attached hydrogens (tertiary/aromatic N) is 2. The highest BCUT2D eigenvalue weighted by Crippen LogP contribution is 2.46. The summed E-state index contributed by atoms with van der Waals surface area (Å²) < 4.78 is 25.1. The molecule has 1 aliphatic carbocycles. The Morgan fingerprint density at radius 1 is 1.17 bits per heavy atom. The first-order valence-corrected chi connectivity index (χ1v) is 12.3. The average molecular weight is 416 g/mol. The second kappa shape index (κ2) is 7.27. The number of rotatable bonds is 4. The maximum Gasteiger partial charge on any atom is 0.235 e. The molecule has 0 atom stereocenters. The lowest BCUT2D eigenvalue weighted by Crippen LogP contribution is -2.45. The fourth-order valence-corrected chi connectivity index (χ4v) is 5.72. The molecule has 1 amide bonds. The number of fused-ring (bicyclic) bond motifs is 2. The molecule has 0 saturated heterocycles. The third kappa shape index (κ3) is 4.10. The number of carbonyl (C=O) groups excluding carboxylic acids is 1. The molecule has 0 bridgehead atoms. The second-order valence-corrected chi connectivity index (χ2v) is 11.0. The molecule has 1 aromatic heterocycles. The van der Waals surface area contributed by atoms with Gasteiger partial charge < -0.3 is 9.88 Å². The highest BCUT2D eigenvalue weighted by atomic mass is 32.2. The van der Waals surface area contributed by atoms with Gasteiger partial charge in [-0.15, -0.1) is 0 Å². The van der Waals surface area contributed by atoms with Crippen LogP contribution in [-0.4, -0.2) is 41.9 Å². The molecule has 4 rings (SSSR count). The lowest BCUT2D eigenvalue weighted by Gasteiger charge is -2.40. The van der Waals surface area contributed by atoms with Gasteiger partial charge in [0.05, 0.1) is 11.9 Å². The van der Waals surface area contributed by atoms with Crippen molar-refractivity contribution >= 4 is 15.7 Å². The van der Waals surface area contributed by atoms with Gasteiger partial charge in [0, 0.05) is 29.8 Å². The molecule has 0 radical (unpaired) electrons. The van der Waals surface area contributed by atoms with Crippen LogP contribution in [0.25, 0.3) is 11.3 Å². The van der Waals surface area contributed by atoms with Gasteiger partial charge in [0.15, 0.2) is 9.84 Å². The Labute approximate surface area is 172 Å². The van der Waals surface area contributed by atoms with Crippen LogP contribution < -0.4 is 5.32 Å². The van der Waals surface area contributed by atoms with Crippen LogP contribution in [0, 0.1) is 13.8 Å². The molecule has 1 saturated carbocycles. The minimum absolute atomic E-state index is 0.0483. The van der Waals surface area contributed by atoms with E-state index in [1.807, 2.05) is 6.20 Å². The molecule has 156 valence electrons. The minimum Gasteiger partial charge on any atom is -0.352 e. The van der Waals surface area contributed by atoms with Crippen LogP contribution in [0.4, 0.5) is 0 Å². The van der Waals surface area contributed by atoms with Gasteiger partial charge in [-0.2, -0.15) is 0 Å². The zero-order chi connectivity index (χ0) is 20.8. The normalized spacial score (nSPS) is 23.9. The molecule has 1 aromatic carbocycles. The lowest BCUT2D eigenvalue weighted by molar-refractivity contribution is -0.119. The van der Waals surface area contributed by atoms with E-state index >= 15 is 0 Å². The van der Waals surface area contributed by atoms with E-state index in [4.69, 9.17) is 4.98 Å². The van der Waals surface area contributed by atoms with Crippen molar-refractivity contribution in [2.75, 3.05) is 12.0 Å². The van der Waals surface area contributed by atoms with Gasteiger partial charge in [-0.25, -0.2) is 13.4 Å². The predicted molar refractivity (Wildman–Crippen MR) is 114 cm³/mol. The van der Waals surface area contributed by atoms with Gasteiger partial charge >= 0.3 is 0 Å². The Kier molecular flexibility index (Phi) is 5.05. The number of nitrogens with one attached hydrogen (secondary N) is 1. The van der Waals surface area contributed by atoms with Crippen molar-refractivity contribution in [2.45, 2.75) is 64.0 Å². The Hall–Kier alpha value is -2.15. The van der Waals surface area contributed by atoms with Gasteiger partial charge in [-0.1, -0.05) is 17.2 Å². The van der Waals surface area contributed by atoms with Crippen molar-refractivity contribution < 1.29 is 13.2 Å². The van der Waals surface area contributed by atoms with E-state index in [0.717, 1.165) is 50.6 Å². The average Bonchev–Trinajstić information content (AvgIpc) is 3.17. The molecular weight excluding hydrogens is 386 g/mol. The number of imidazole rings is 1. The fourth-order valence-electron chi connectivity index (χ4n) is 5.16. The van der Waals surface area contributed by atoms with Gasteiger partial charge in [-0.05, 0) is 58.1 Å². The summed E-state index contributed by atoms with van der Waals surface area (Å²) in [5, 5.41) is 2.92. The molecule has 7 heteroatoms. The first kappa shape index (κ1) is 20.1. The second-order valence-electron chi connectivity index (χ2n) is 8.91. The quantitative estimate of drug-likeness (QED) is 0.833. The van der Waals surface area contributed by atoms with Gasteiger partial charge in [0.1, 0.15) is 11.6 Å². The van der Waals surface area contributed by atoms with Crippen LogP contribution in [0.1, 0.15) is 49.1 Å². The van der Waals surface area contributed by atoms with E-state index in [-0.39, 0.29) is 17.5 Å². The summed E-state index contributed by atoms with van der Waals surface area (Å²) in [4.78, 5) is 16.7. The first-order chi connectivity index (χ1) is 13.7. The van der Waals surface area contributed by atoms with Crippen molar-refractivity contribution in [3.05, 3.63) is 41.3 Å². The van der Waals surface area contributed by atoms with Crippen molar-refractivity contribution in [1.29, 1.82) is 0 Å². The van der Waals surface area contributed by atoms with E-state index in [9.17, 15) is 13.2 Å². The number of benzene rings is 1. The molecule has 2 aromatic rings. The summed E-state index contributed by atoms with van der Waals surface area (Å²) in [5.74, 6) is 0.329. The first-order valence-electron chi connectivity index (χ1n) is 10.3. The topological polar surface area (TPSA) is 81.1 Å². The monoisotopic (exact) mass is 415 g/mol. The van der Waals surface area contributed by atoms with Crippen LogP contribution >= 0.6 is 0 Å². The van der Waals surface area contributed by atoms with Crippen molar-refractivity contribution in [3.63, 3.8) is 0 Å². The van der Waals surface area contributed by atoms with E-state index in [1.54, 1.807) is 0 Å². The molecule has 2 heterocycles. The molecule has 1 spiro atoms. The van der Waals surface area contributed by atoms with Gasteiger partial charge in [-0.3, -0.25) is 4.79 Å². The third-order valence-corrected chi connectivity index (χ3v) is 7.10. The van der Waals surface area contributed by atoms with Crippen LogP contribution in [0.15, 0.2) is 24.4 Å². The number of aryl methyl sites for hydroxylation is 3. The SMILES string of the molecule is Cc1cc(C)cc(-c2cnc3n2C2(CC3)CCC(NC(=O)CS(C)(=O)=O)CC2)c1. The van der Waals surface area contributed by atoms with Crippen LogP contribution in [0.2, 0.25) is 0 Å². The molecule has 29 heavy (non-hydrogen) atoms. The van der Waals surface area contributed by atoms with Gasteiger partial charge in [0.25, 0.3) is 0 Å². The van der Waals surface area contributed by atoms with Crippen LogP contribution in [-0.2, 0) is 26.6 Å². The van der Waals surface area contributed by atoms with Crippen LogP contribution in [0.3, 0.4) is 0 Å². The Morgan fingerprint density at radius 2 is 1.83 bits per heavy atom. The maximum absolute atomic E-state index is 12.0. The number of amides is 1. The number of sulfone groups is 1. The zero-order valence-corrected chi connectivity index (χ0v) is 18.2. The number of hydrogen-bond donors (Lipinski definition) is 1. The van der Waals surface area contributed by atoms with E-state index in [1.165, 1.54) is 22.4 Å². The molecule has 0 unspecified atom stereocenters.